The molecule has 0 saturated carbocycles. The molecule has 218 valence electrons. The second-order valence-corrected chi connectivity index (χ2v) is 12.2. The molecular weight excluding hydrogens is 575 g/mol. The number of carbonyl (C=O) groups excluding carboxylic acids is 3. The lowest BCUT2D eigenvalue weighted by molar-refractivity contribution is -0.158. The number of anilines is 1. The summed E-state index contributed by atoms with van der Waals surface area (Å²) in [5, 5.41) is 4.37. The topological polar surface area (TPSA) is 69.7 Å². The van der Waals surface area contributed by atoms with E-state index in [4.69, 9.17) is 0 Å². The van der Waals surface area contributed by atoms with Gasteiger partial charge in [-0.25, -0.2) is 0 Å². The number of likely N-dealkylation sites (tertiary alicyclic amines) is 1. The molecule has 0 unspecified atom stereocenters. The van der Waals surface area contributed by atoms with Crippen LogP contribution in [-0.4, -0.2) is 41.3 Å². The van der Waals surface area contributed by atoms with Gasteiger partial charge in [-0.05, 0) is 28.6 Å². The van der Waals surface area contributed by atoms with Crippen molar-refractivity contribution in [1.29, 1.82) is 0 Å². The van der Waals surface area contributed by atoms with E-state index in [-0.39, 0.29) is 25.2 Å². The molecule has 2 spiro atoms. The molecule has 4 aromatic rings. The van der Waals surface area contributed by atoms with Crippen LogP contribution in [-0.2, 0) is 33.0 Å². The Balaban J connectivity index is 1.46. The van der Waals surface area contributed by atoms with Gasteiger partial charge < -0.3 is 9.80 Å². The fourth-order valence-corrected chi connectivity index (χ4v) is 8.25. The van der Waals surface area contributed by atoms with Gasteiger partial charge in [-0.15, -0.1) is 11.3 Å². The Bertz CT molecular complexity index is 1710. The summed E-state index contributed by atoms with van der Waals surface area (Å²) in [5.41, 5.74) is -2.01. The number of para-hydroxylation sites is 1. The van der Waals surface area contributed by atoms with Gasteiger partial charge in [0.1, 0.15) is 11.6 Å². The molecule has 3 aliphatic heterocycles. The highest BCUT2D eigenvalue weighted by atomic mass is 32.1. The monoisotopic (exact) mass is 601 g/mol. The van der Waals surface area contributed by atoms with Crippen LogP contribution in [0.4, 0.5) is 18.9 Å². The van der Waals surface area contributed by atoms with Crippen molar-refractivity contribution in [2.75, 3.05) is 11.4 Å². The summed E-state index contributed by atoms with van der Waals surface area (Å²) in [6.07, 6.45) is -4.83. The Labute approximate surface area is 249 Å². The maximum atomic E-state index is 15.1. The summed E-state index contributed by atoms with van der Waals surface area (Å²) in [7, 11) is 0. The van der Waals surface area contributed by atoms with E-state index < -0.39 is 46.7 Å². The normalized spacial score (nSPS) is 26.7. The van der Waals surface area contributed by atoms with Gasteiger partial charge in [-0.2, -0.15) is 13.2 Å². The Hall–Kier alpha value is -4.28. The highest BCUT2D eigenvalue weighted by molar-refractivity contribution is 7.10. The molecule has 4 atom stereocenters. The first-order valence-electron chi connectivity index (χ1n) is 13.9. The number of hydrogen-bond donors (Lipinski definition) is 1. The number of nitrogens with one attached hydrogen (secondary N) is 1. The van der Waals surface area contributed by atoms with Gasteiger partial charge in [-0.3, -0.25) is 19.7 Å². The number of amides is 2. The molecule has 0 radical (unpaired) electrons. The Morgan fingerprint density at radius 3 is 2.07 bits per heavy atom. The van der Waals surface area contributed by atoms with Gasteiger partial charge in [-0.1, -0.05) is 84.9 Å². The van der Waals surface area contributed by atoms with Crippen molar-refractivity contribution < 1.29 is 27.6 Å². The largest absolute Gasteiger partial charge is 0.404 e. The lowest BCUT2D eigenvalue weighted by Crippen LogP contribution is -2.60. The number of alkyl halides is 3. The zero-order valence-electron chi connectivity index (χ0n) is 22.8. The highest BCUT2D eigenvalue weighted by Gasteiger charge is 2.81. The summed E-state index contributed by atoms with van der Waals surface area (Å²) in [5.74, 6) is -4.06. The predicted octanol–water partition coefficient (Wildman–Crippen LogP) is 5.41. The van der Waals surface area contributed by atoms with Crippen molar-refractivity contribution >= 4 is 34.6 Å². The molecule has 2 amide bonds. The average Bonchev–Trinajstić information content (AvgIpc) is 3.75. The van der Waals surface area contributed by atoms with Crippen LogP contribution in [0.1, 0.15) is 27.5 Å². The standard InChI is InChI=1S/C33H26F3N3O3S/c34-33(35,36)27-26(25-16-9-17-43-25)31(20-38(29(41)28(31)40)18-21-10-3-1-4-11-21)32(37-27)23-14-7-8-15-24(23)39(30(32)42)19-22-12-5-2-6-13-22/h1-17,26-27,37H,18-20H2/t26-,27+,31-,32-/m1/s1. The summed E-state index contributed by atoms with van der Waals surface area (Å²) >= 11 is 1.09. The molecule has 10 heteroatoms. The molecule has 6 nitrogen and oxygen atoms in total. The van der Waals surface area contributed by atoms with E-state index in [1.165, 1.54) is 9.80 Å². The first-order chi connectivity index (χ1) is 20.7. The maximum absolute atomic E-state index is 15.1. The van der Waals surface area contributed by atoms with Gasteiger partial charge in [0, 0.05) is 35.1 Å². The first-order valence-corrected chi connectivity index (χ1v) is 14.8. The molecule has 0 bridgehead atoms. The highest BCUT2D eigenvalue weighted by Crippen LogP contribution is 2.66. The van der Waals surface area contributed by atoms with Crippen molar-refractivity contribution in [3.05, 3.63) is 124 Å². The van der Waals surface area contributed by atoms with E-state index in [0.29, 0.717) is 10.6 Å². The zero-order chi connectivity index (χ0) is 30.0. The number of halogens is 3. The van der Waals surface area contributed by atoms with Crippen molar-refractivity contribution in [1.82, 2.24) is 10.2 Å². The zero-order valence-corrected chi connectivity index (χ0v) is 23.6. The quantitative estimate of drug-likeness (QED) is 0.311. The summed E-state index contributed by atoms with van der Waals surface area (Å²) in [6, 6.07) is 25.7. The van der Waals surface area contributed by atoms with Crippen molar-refractivity contribution in [2.24, 2.45) is 5.41 Å². The van der Waals surface area contributed by atoms with Crippen LogP contribution in [0.15, 0.2) is 102 Å². The number of fused-ring (bicyclic) bond motifs is 3. The molecule has 1 aromatic heterocycles. The number of Topliss-reactive ketones (excluding diaryl/α,β-unsaturated/α-hetero) is 1. The van der Waals surface area contributed by atoms with Crippen molar-refractivity contribution in [3.63, 3.8) is 0 Å². The van der Waals surface area contributed by atoms with Crippen LogP contribution < -0.4 is 10.2 Å². The minimum absolute atomic E-state index is 0.0284. The summed E-state index contributed by atoms with van der Waals surface area (Å²) < 4.78 is 45.3. The third kappa shape index (κ3) is 3.93. The fourth-order valence-electron chi connectivity index (χ4n) is 7.30. The Morgan fingerprint density at radius 1 is 0.814 bits per heavy atom. The van der Waals surface area contributed by atoms with E-state index in [9.17, 15) is 14.4 Å². The van der Waals surface area contributed by atoms with Crippen LogP contribution in [0.3, 0.4) is 0 Å². The van der Waals surface area contributed by atoms with E-state index in [1.54, 1.807) is 66.0 Å². The van der Waals surface area contributed by atoms with Crippen molar-refractivity contribution in [2.45, 2.75) is 36.8 Å². The SMILES string of the molecule is O=C1C(=O)[C@@]2(CN1Cc1ccccc1)[C@H](c1cccs1)[C@@H](C(F)(F)F)N[C@]21C(=O)N(Cc2ccccc2)c2ccccc21. The minimum atomic E-state index is -4.83. The number of nitrogens with zero attached hydrogens (tertiary/aromatic N) is 2. The van der Waals surface area contributed by atoms with E-state index in [2.05, 4.69) is 5.32 Å². The summed E-state index contributed by atoms with van der Waals surface area (Å²) in [6.45, 7) is -0.228. The van der Waals surface area contributed by atoms with E-state index in [0.717, 1.165) is 22.5 Å². The van der Waals surface area contributed by atoms with Gasteiger partial charge in [0.05, 0.1) is 12.0 Å². The van der Waals surface area contributed by atoms with Gasteiger partial charge >= 0.3 is 6.18 Å². The molecule has 7 rings (SSSR count). The van der Waals surface area contributed by atoms with Crippen LogP contribution in [0.25, 0.3) is 0 Å². The maximum Gasteiger partial charge on any atom is 0.404 e. The van der Waals surface area contributed by atoms with E-state index >= 15 is 13.2 Å². The molecule has 0 aliphatic carbocycles. The third-order valence-corrected chi connectivity index (χ3v) is 9.95. The van der Waals surface area contributed by atoms with Crippen LogP contribution >= 0.6 is 11.3 Å². The van der Waals surface area contributed by atoms with Crippen LogP contribution in [0.2, 0.25) is 0 Å². The third-order valence-electron chi connectivity index (χ3n) is 9.00. The summed E-state index contributed by atoms with van der Waals surface area (Å²) in [4.78, 5) is 46.3. The molecule has 3 aliphatic rings. The molecule has 3 aromatic carbocycles. The average molecular weight is 602 g/mol. The van der Waals surface area contributed by atoms with Gasteiger partial charge in [0.15, 0.2) is 0 Å². The smallest absolute Gasteiger partial charge is 0.331 e. The number of carbonyl (C=O) groups is 3. The number of ketones is 1. The molecular formula is C33H26F3N3O3S. The van der Waals surface area contributed by atoms with Gasteiger partial charge in [0.2, 0.25) is 5.78 Å². The minimum Gasteiger partial charge on any atom is -0.331 e. The number of hydrogen-bond acceptors (Lipinski definition) is 5. The fraction of sp³-hybridized carbons (Fsp3) is 0.242. The Kier molecular flexibility index (Phi) is 6.33. The van der Waals surface area contributed by atoms with Crippen LogP contribution in [0.5, 0.6) is 0 Å². The number of rotatable bonds is 5. The molecule has 4 heterocycles. The second-order valence-electron chi connectivity index (χ2n) is 11.2. The Morgan fingerprint density at radius 2 is 1.44 bits per heavy atom. The van der Waals surface area contributed by atoms with Gasteiger partial charge in [0.25, 0.3) is 11.8 Å². The molecule has 1 N–H and O–H groups in total. The molecule has 43 heavy (non-hydrogen) atoms. The second kappa shape index (κ2) is 9.89. The molecule has 2 fully saturated rings. The van der Waals surface area contributed by atoms with E-state index in [1.807, 2.05) is 36.4 Å². The lowest BCUT2D eigenvalue weighted by Gasteiger charge is -2.40. The predicted molar refractivity (Wildman–Crippen MR) is 155 cm³/mol. The van der Waals surface area contributed by atoms with Crippen molar-refractivity contribution in [3.8, 4) is 0 Å². The van der Waals surface area contributed by atoms with Crippen LogP contribution in [0, 0.1) is 5.41 Å². The first kappa shape index (κ1) is 27.5. The molecule has 2 saturated heterocycles. The number of benzene rings is 3. The number of thiophene rings is 1. The lowest BCUT2D eigenvalue weighted by atomic mass is 9.60.